The van der Waals surface area contributed by atoms with Gasteiger partial charge in [0.15, 0.2) is 0 Å². The Kier molecular flexibility index (Phi) is 4.73. The second-order valence-corrected chi connectivity index (χ2v) is 6.00. The quantitative estimate of drug-likeness (QED) is 0.867. The fourth-order valence-electron chi connectivity index (χ4n) is 2.57. The fourth-order valence-corrected chi connectivity index (χ4v) is 2.67. The summed E-state index contributed by atoms with van der Waals surface area (Å²) < 4.78 is 5.80. The Hall–Kier alpha value is -1.88. The molecule has 3 heterocycles. The number of aromatic nitrogens is 3. The molecule has 0 bridgehead atoms. The summed E-state index contributed by atoms with van der Waals surface area (Å²) in [6, 6.07) is 5.85. The first-order chi connectivity index (χ1) is 10.7. The number of nitrogens with zero attached hydrogens (tertiary/aromatic N) is 4. The third kappa shape index (κ3) is 3.85. The first-order valence-electron chi connectivity index (χ1n) is 7.49. The molecular weight excluding hydrogens is 300 g/mol. The summed E-state index contributed by atoms with van der Waals surface area (Å²) in [5, 5.41) is 0.567. The van der Waals surface area contributed by atoms with E-state index in [2.05, 4.69) is 19.9 Å². The Morgan fingerprint density at radius 1 is 1.23 bits per heavy atom. The molecule has 5 nitrogen and oxygen atoms in total. The van der Waals surface area contributed by atoms with E-state index in [9.17, 15) is 0 Å². The van der Waals surface area contributed by atoms with E-state index in [1.807, 2.05) is 25.1 Å². The van der Waals surface area contributed by atoms with Gasteiger partial charge in [0.1, 0.15) is 0 Å². The third-order valence-corrected chi connectivity index (χ3v) is 4.03. The van der Waals surface area contributed by atoms with Crippen molar-refractivity contribution in [1.82, 2.24) is 15.0 Å². The molecule has 0 saturated carbocycles. The number of hydrogen-bond acceptors (Lipinski definition) is 5. The highest BCUT2D eigenvalue weighted by atomic mass is 35.5. The van der Waals surface area contributed by atoms with Crippen LogP contribution in [0.4, 0.5) is 5.95 Å². The molecule has 116 valence electrons. The summed E-state index contributed by atoms with van der Waals surface area (Å²) in [6.45, 7) is 4.57. The molecule has 0 N–H and O–H groups in total. The van der Waals surface area contributed by atoms with E-state index < -0.39 is 0 Å². The van der Waals surface area contributed by atoms with Gasteiger partial charge in [-0.15, -0.1) is 0 Å². The van der Waals surface area contributed by atoms with E-state index in [0.717, 1.165) is 37.6 Å². The lowest BCUT2D eigenvalue weighted by Crippen LogP contribution is -2.36. The van der Waals surface area contributed by atoms with Crippen LogP contribution in [0.15, 0.2) is 30.6 Å². The van der Waals surface area contributed by atoms with Gasteiger partial charge in [-0.25, -0.2) is 15.0 Å². The number of rotatable bonds is 4. The predicted molar refractivity (Wildman–Crippen MR) is 86.4 cm³/mol. The normalized spacial score (nSPS) is 15.8. The Balaban J connectivity index is 1.48. The molecule has 1 aliphatic rings. The molecule has 1 aliphatic heterocycles. The maximum absolute atomic E-state index is 5.82. The highest BCUT2D eigenvalue weighted by Gasteiger charge is 2.21. The summed E-state index contributed by atoms with van der Waals surface area (Å²) in [5.74, 6) is 2.01. The largest absolute Gasteiger partial charge is 0.477 e. The highest BCUT2D eigenvalue weighted by Crippen LogP contribution is 2.22. The molecule has 0 atom stereocenters. The summed E-state index contributed by atoms with van der Waals surface area (Å²) in [6.07, 6.45) is 5.42. The summed E-state index contributed by atoms with van der Waals surface area (Å²) in [7, 11) is 0. The van der Waals surface area contributed by atoms with Crippen molar-refractivity contribution >= 4 is 17.5 Å². The molecule has 1 saturated heterocycles. The van der Waals surface area contributed by atoms with E-state index in [1.54, 1.807) is 12.4 Å². The molecule has 0 spiro atoms. The number of hydrogen-bond donors (Lipinski definition) is 0. The minimum Gasteiger partial charge on any atom is -0.477 e. The van der Waals surface area contributed by atoms with Crippen molar-refractivity contribution in [2.24, 2.45) is 5.92 Å². The first-order valence-corrected chi connectivity index (χ1v) is 7.87. The molecule has 2 aromatic heterocycles. The van der Waals surface area contributed by atoms with Crippen molar-refractivity contribution in [3.8, 4) is 5.88 Å². The molecule has 0 aliphatic carbocycles. The minimum absolute atomic E-state index is 0.547. The lowest BCUT2D eigenvalue weighted by molar-refractivity contribution is 0.215. The number of aryl methyl sites for hydroxylation is 1. The van der Waals surface area contributed by atoms with E-state index >= 15 is 0 Å². The number of pyridine rings is 1. The highest BCUT2D eigenvalue weighted by molar-refractivity contribution is 6.30. The predicted octanol–water partition coefficient (Wildman–Crippen LogP) is 3.13. The van der Waals surface area contributed by atoms with Crippen LogP contribution in [0.2, 0.25) is 5.02 Å². The maximum atomic E-state index is 5.82. The molecule has 6 heteroatoms. The van der Waals surface area contributed by atoms with Crippen molar-refractivity contribution < 1.29 is 4.74 Å². The average Bonchev–Trinajstić information content (AvgIpc) is 2.54. The van der Waals surface area contributed by atoms with Crippen LogP contribution < -0.4 is 9.64 Å². The van der Waals surface area contributed by atoms with E-state index in [-0.39, 0.29) is 0 Å². The monoisotopic (exact) mass is 318 g/mol. The second-order valence-electron chi connectivity index (χ2n) is 5.56. The molecule has 0 unspecified atom stereocenters. The Morgan fingerprint density at radius 2 is 1.95 bits per heavy atom. The fraction of sp³-hybridized carbons (Fsp3) is 0.438. The van der Waals surface area contributed by atoms with Crippen LogP contribution >= 0.6 is 11.6 Å². The molecule has 0 aromatic carbocycles. The molecular formula is C16H19ClN4O. The molecule has 3 rings (SSSR count). The van der Waals surface area contributed by atoms with E-state index in [4.69, 9.17) is 16.3 Å². The maximum Gasteiger partial charge on any atom is 0.225 e. The summed E-state index contributed by atoms with van der Waals surface area (Å²) in [5.41, 5.74) is 0.979. The van der Waals surface area contributed by atoms with Gasteiger partial charge in [-0.05, 0) is 31.7 Å². The first kappa shape index (κ1) is 15.0. The zero-order valence-electron chi connectivity index (χ0n) is 12.6. The van der Waals surface area contributed by atoms with Crippen LogP contribution in [0.25, 0.3) is 0 Å². The average molecular weight is 319 g/mol. The van der Waals surface area contributed by atoms with Crippen LogP contribution in [0.5, 0.6) is 5.88 Å². The van der Waals surface area contributed by atoms with E-state index in [0.29, 0.717) is 23.4 Å². The number of piperidine rings is 1. The van der Waals surface area contributed by atoms with Gasteiger partial charge < -0.3 is 9.64 Å². The van der Waals surface area contributed by atoms with Crippen LogP contribution in [-0.4, -0.2) is 34.6 Å². The van der Waals surface area contributed by atoms with Crippen LogP contribution in [-0.2, 0) is 0 Å². The zero-order chi connectivity index (χ0) is 15.4. The summed E-state index contributed by atoms with van der Waals surface area (Å²) >= 11 is 5.82. The van der Waals surface area contributed by atoms with Crippen LogP contribution in [0.1, 0.15) is 18.5 Å². The lowest BCUT2D eigenvalue weighted by atomic mass is 9.98. The van der Waals surface area contributed by atoms with Gasteiger partial charge in [0, 0.05) is 24.8 Å². The number of ether oxygens (including phenoxy) is 1. The topological polar surface area (TPSA) is 51.1 Å². The van der Waals surface area contributed by atoms with Crippen molar-refractivity contribution in [1.29, 1.82) is 0 Å². The molecule has 1 fully saturated rings. The number of anilines is 1. The van der Waals surface area contributed by atoms with Crippen LogP contribution in [0.3, 0.4) is 0 Å². The van der Waals surface area contributed by atoms with Crippen molar-refractivity contribution in [2.75, 3.05) is 24.6 Å². The van der Waals surface area contributed by atoms with Crippen molar-refractivity contribution in [3.63, 3.8) is 0 Å². The van der Waals surface area contributed by atoms with Gasteiger partial charge in [0.2, 0.25) is 11.8 Å². The number of halogens is 1. The van der Waals surface area contributed by atoms with Gasteiger partial charge in [-0.2, -0.15) is 0 Å². The van der Waals surface area contributed by atoms with Gasteiger partial charge in [0.05, 0.1) is 24.0 Å². The summed E-state index contributed by atoms with van der Waals surface area (Å²) in [4.78, 5) is 15.1. The van der Waals surface area contributed by atoms with Crippen LogP contribution in [0, 0.1) is 12.8 Å². The molecule has 22 heavy (non-hydrogen) atoms. The molecule has 0 radical (unpaired) electrons. The van der Waals surface area contributed by atoms with Gasteiger partial charge in [-0.1, -0.05) is 17.7 Å². The smallest absolute Gasteiger partial charge is 0.225 e. The van der Waals surface area contributed by atoms with Gasteiger partial charge in [0.25, 0.3) is 0 Å². The zero-order valence-corrected chi connectivity index (χ0v) is 13.3. The lowest BCUT2D eigenvalue weighted by Gasteiger charge is -2.31. The Bertz CT molecular complexity index is 612. The van der Waals surface area contributed by atoms with E-state index in [1.165, 1.54) is 0 Å². The third-order valence-electron chi connectivity index (χ3n) is 3.83. The van der Waals surface area contributed by atoms with Gasteiger partial charge >= 0.3 is 0 Å². The SMILES string of the molecule is Cc1cccc(OCC2CCN(c3ncc(Cl)cn3)CC2)n1. The van der Waals surface area contributed by atoms with Gasteiger partial charge in [-0.3, -0.25) is 0 Å². The Labute approximate surface area is 135 Å². The minimum atomic E-state index is 0.547. The molecule has 2 aromatic rings. The van der Waals surface area contributed by atoms with Crippen molar-refractivity contribution in [3.05, 3.63) is 41.3 Å². The van der Waals surface area contributed by atoms with Crippen molar-refractivity contribution in [2.45, 2.75) is 19.8 Å². The standard InChI is InChI=1S/C16H19ClN4O/c1-12-3-2-4-15(20-12)22-11-13-5-7-21(8-6-13)16-18-9-14(17)10-19-16/h2-4,9-10,13H,5-8,11H2,1H3. The Morgan fingerprint density at radius 3 is 2.64 bits per heavy atom. The second kappa shape index (κ2) is 6.92. The molecule has 0 amide bonds.